The van der Waals surface area contributed by atoms with Gasteiger partial charge in [0, 0.05) is 39.1 Å². The van der Waals surface area contributed by atoms with Gasteiger partial charge in [0.1, 0.15) is 5.82 Å². The smallest absolute Gasteiger partial charge is 0.137 e. The number of nitrogens with one attached hydrogen (secondary N) is 1. The zero-order valence-corrected chi connectivity index (χ0v) is 13.0. The van der Waals surface area contributed by atoms with Gasteiger partial charge in [-0.3, -0.25) is 0 Å². The van der Waals surface area contributed by atoms with Gasteiger partial charge in [-0.05, 0) is 45.3 Å². The van der Waals surface area contributed by atoms with Crippen LogP contribution >= 0.6 is 15.9 Å². The highest BCUT2D eigenvalue weighted by atomic mass is 79.9. The molecule has 1 aromatic heterocycles. The van der Waals surface area contributed by atoms with Crippen LogP contribution in [0.2, 0.25) is 0 Å². The third-order valence-corrected chi connectivity index (χ3v) is 3.58. The molecule has 5 heteroatoms. The lowest BCUT2D eigenvalue weighted by atomic mass is 10.2. The van der Waals surface area contributed by atoms with Gasteiger partial charge in [-0.2, -0.15) is 0 Å². The van der Waals surface area contributed by atoms with Crippen LogP contribution in [0.25, 0.3) is 0 Å². The first kappa shape index (κ1) is 15.2. The summed E-state index contributed by atoms with van der Waals surface area (Å²) in [6.07, 6.45) is 4.13. The lowest BCUT2D eigenvalue weighted by molar-refractivity contribution is 0.199. The van der Waals surface area contributed by atoms with Gasteiger partial charge < -0.3 is 14.6 Å². The molecule has 0 atom stereocenters. The Hall–Kier alpha value is -1.17. The van der Waals surface area contributed by atoms with Gasteiger partial charge in [0.15, 0.2) is 0 Å². The van der Waals surface area contributed by atoms with Crippen molar-refractivity contribution >= 4 is 15.9 Å². The fourth-order valence-corrected chi connectivity index (χ4v) is 2.38. The largest absolute Gasteiger partial charge is 0.383 e. The average Bonchev–Trinajstić information content (AvgIpc) is 2.87. The molecule has 2 aromatic rings. The van der Waals surface area contributed by atoms with Gasteiger partial charge in [0.2, 0.25) is 0 Å². The zero-order valence-electron chi connectivity index (χ0n) is 11.4. The molecule has 0 fully saturated rings. The number of ether oxygens (including phenoxy) is 1. The van der Waals surface area contributed by atoms with Gasteiger partial charge in [-0.1, -0.05) is 6.07 Å². The molecule has 0 saturated carbocycles. The zero-order chi connectivity index (χ0) is 14.4. The van der Waals surface area contributed by atoms with Crippen LogP contribution in [0.5, 0.6) is 0 Å². The van der Waals surface area contributed by atoms with Gasteiger partial charge in [-0.15, -0.1) is 0 Å². The lowest BCUT2D eigenvalue weighted by Gasteiger charge is -2.05. The molecule has 3 nitrogen and oxygen atoms in total. The summed E-state index contributed by atoms with van der Waals surface area (Å²) in [5.74, 6) is -0.232. The molecule has 108 valence electrons. The van der Waals surface area contributed by atoms with E-state index in [-0.39, 0.29) is 5.82 Å². The van der Waals surface area contributed by atoms with Crippen LogP contribution in [0.15, 0.2) is 41.1 Å². The maximum absolute atomic E-state index is 13.2. The predicted octanol–water partition coefficient (Wildman–Crippen LogP) is 3.17. The molecule has 1 heterocycles. The van der Waals surface area contributed by atoms with Gasteiger partial charge in [0.05, 0.1) is 11.1 Å². The van der Waals surface area contributed by atoms with E-state index in [1.165, 1.54) is 11.6 Å². The minimum Gasteiger partial charge on any atom is -0.383 e. The summed E-state index contributed by atoms with van der Waals surface area (Å²) in [7, 11) is 1.69. The fourth-order valence-electron chi connectivity index (χ4n) is 1.95. The lowest BCUT2D eigenvalue weighted by Crippen LogP contribution is -2.18. The maximum Gasteiger partial charge on any atom is 0.137 e. The van der Waals surface area contributed by atoms with Crippen LogP contribution in [0, 0.1) is 5.82 Å². The molecular weight excluding hydrogens is 323 g/mol. The Morgan fingerprint density at radius 1 is 1.30 bits per heavy atom. The number of benzene rings is 1. The highest BCUT2D eigenvalue weighted by Crippen LogP contribution is 2.17. The molecule has 0 saturated heterocycles. The van der Waals surface area contributed by atoms with Crippen LogP contribution in [-0.4, -0.2) is 24.8 Å². The number of methoxy groups -OCH3 is 1. The predicted molar refractivity (Wildman–Crippen MR) is 81.2 cm³/mol. The summed E-state index contributed by atoms with van der Waals surface area (Å²) in [6.45, 7) is 3.11. The summed E-state index contributed by atoms with van der Waals surface area (Å²) < 4.78 is 20.7. The van der Waals surface area contributed by atoms with E-state index < -0.39 is 0 Å². The van der Waals surface area contributed by atoms with Crippen LogP contribution in [0.1, 0.15) is 11.1 Å². The fraction of sp³-hybridized carbons (Fsp3) is 0.333. The molecule has 2 rings (SSSR count). The topological polar surface area (TPSA) is 26.2 Å². The van der Waals surface area contributed by atoms with Crippen LogP contribution in [0.4, 0.5) is 4.39 Å². The van der Waals surface area contributed by atoms with Crippen molar-refractivity contribution in [2.45, 2.75) is 13.1 Å². The molecule has 20 heavy (non-hydrogen) atoms. The summed E-state index contributed by atoms with van der Waals surface area (Å²) in [6, 6.07) is 7.18. The Balaban J connectivity index is 1.90. The SMILES string of the molecule is COCCNCc1ccn(Cc2ccc(F)c(Br)c2)c1. The minimum atomic E-state index is -0.232. The van der Waals surface area contributed by atoms with E-state index in [2.05, 4.69) is 38.1 Å². The summed E-state index contributed by atoms with van der Waals surface area (Å²) >= 11 is 3.21. The first-order valence-electron chi connectivity index (χ1n) is 6.47. The number of nitrogens with zero attached hydrogens (tertiary/aromatic N) is 1. The molecule has 0 amide bonds. The van der Waals surface area contributed by atoms with Gasteiger partial charge >= 0.3 is 0 Å². The normalized spacial score (nSPS) is 10.9. The molecule has 1 N–H and O–H groups in total. The molecule has 0 unspecified atom stereocenters. The first-order chi connectivity index (χ1) is 9.69. The van der Waals surface area contributed by atoms with Gasteiger partial charge in [-0.25, -0.2) is 4.39 Å². The monoisotopic (exact) mass is 340 g/mol. The highest BCUT2D eigenvalue weighted by molar-refractivity contribution is 9.10. The van der Waals surface area contributed by atoms with E-state index >= 15 is 0 Å². The second-order valence-corrected chi connectivity index (χ2v) is 5.46. The van der Waals surface area contributed by atoms with Gasteiger partial charge in [0.25, 0.3) is 0 Å². The van der Waals surface area contributed by atoms with Crippen molar-refractivity contribution < 1.29 is 9.13 Å². The van der Waals surface area contributed by atoms with Crippen molar-refractivity contribution in [2.75, 3.05) is 20.3 Å². The second kappa shape index (κ2) is 7.57. The van der Waals surface area contributed by atoms with Crippen molar-refractivity contribution in [3.63, 3.8) is 0 Å². The van der Waals surface area contributed by atoms with E-state index in [1.54, 1.807) is 13.2 Å². The first-order valence-corrected chi connectivity index (χ1v) is 7.26. The Morgan fingerprint density at radius 2 is 2.15 bits per heavy atom. The van der Waals surface area contributed by atoms with E-state index in [0.29, 0.717) is 11.1 Å². The van der Waals surface area contributed by atoms with Crippen molar-refractivity contribution in [2.24, 2.45) is 0 Å². The molecule has 0 bridgehead atoms. The number of hydrogen-bond donors (Lipinski definition) is 1. The molecule has 1 aromatic carbocycles. The van der Waals surface area contributed by atoms with Crippen LogP contribution in [0.3, 0.4) is 0 Å². The van der Waals surface area contributed by atoms with Crippen molar-refractivity contribution in [1.82, 2.24) is 9.88 Å². The maximum atomic E-state index is 13.2. The third-order valence-electron chi connectivity index (χ3n) is 2.97. The Morgan fingerprint density at radius 3 is 2.90 bits per heavy atom. The quantitative estimate of drug-likeness (QED) is 0.783. The summed E-state index contributed by atoms with van der Waals surface area (Å²) in [5, 5.41) is 3.30. The Labute approximate surface area is 126 Å². The minimum absolute atomic E-state index is 0.232. The molecular formula is C15H18BrFN2O. The third kappa shape index (κ3) is 4.44. The molecule has 0 radical (unpaired) electrons. The molecule has 0 aliphatic carbocycles. The van der Waals surface area contributed by atoms with Crippen LogP contribution in [-0.2, 0) is 17.8 Å². The van der Waals surface area contributed by atoms with E-state index in [1.807, 2.05) is 12.3 Å². The van der Waals surface area contributed by atoms with Crippen molar-refractivity contribution in [3.05, 3.63) is 58.1 Å². The highest BCUT2D eigenvalue weighted by Gasteiger charge is 2.02. The molecule has 0 aliphatic heterocycles. The molecule has 0 aliphatic rings. The van der Waals surface area contributed by atoms with E-state index in [4.69, 9.17) is 4.74 Å². The van der Waals surface area contributed by atoms with Crippen molar-refractivity contribution in [1.29, 1.82) is 0 Å². The summed E-state index contributed by atoms with van der Waals surface area (Å²) in [4.78, 5) is 0. The number of aromatic nitrogens is 1. The number of rotatable bonds is 7. The Bertz CT molecular complexity index is 557. The number of hydrogen-bond acceptors (Lipinski definition) is 2. The molecule has 0 spiro atoms. The second-order valence-electron chi connectivity index (χ2n) is 4.61. The average molecular weight is 341 g/mol. The van der Waals surface area contributed by atoms with E-state index in [9.17, 15) is 4.39 Å². The Kier molecular flexibility index (Phi) is 5.76. The van der Waals surface area contributed by atoms with Crippen LogP contribution < -0.4 is 5.32 Å². The number of halogens is 2. The van der Waals surface area contributed by atoms with Crippen molar-refractivity contribution in [3.8, 4) is 0 Å². The summed E-state index contributed by atoms with van der Waals surface area (Å²) in [5.41, 5.74) is 2.29. The van der Waals surface area contributed by atoms with E-state index in [0.717, 1.165) is 25.2 Å². The standard InChI is InChI=1S/C15H18BrFN2O/c1-20-7-5-18-9-13-4-6-19(11-13)10-12-2-3-15(17)14(16)8-12/h2-4,6,8,11,18H,5,7,9-10H2,1H3.